The van der Waals surface area contributed by atoms with Gasteiger partial charge in [-0.25, -0.2) is 4.39 Å². The molecule has 0 spiro atoms. The maximum Gasteiger partial charge on any atom is 0.269 e. The Bertz CT molecular complexity index is 830. The lowest BCUT2D eigenvalue weighted by molar-refractivity contribution is 0.0946. The highest BCUT2D eigenvalue weighted by atomic mass is 35.5. The molecule has 3 aromatic rings. The van der Waals surface area contributed by atoms with Gasteiger partial charge in [0.15, 0.2) is 0 Å². The molecule has 0 fully saturated rings. The van der Waals surface area contributed by atoms with Gasteiger partial charge in [0.25, 0.3) is 5.91 Å². The molecule has 1 heterocycles. The second-order valence-corrected chi connectivity index (χ2v) is 5.36. The van der Waals surface area contributed by atoms with Crippen molar-refractivity contribution in [2.75, 3.05) is 0 Å². The molecule has 0 saturated heterocycles. The Morgan fingerprint density at radius 1 is 1.17 bits per heavy atom. The van der Waals surface area contributed by atoms with Gasteiger partial charge in [0.1, 0.15) is 11.5 Å². The first-order valence-electron chi connectivity index (χ1n) is 6.96. The monoisotopic (exact) mass is 329 g/mol. The molecular formula is C17H13ClFN3O. The summed E-state index contributed by atoms with van der Waals surface area (Å²) in [7, 11) is 0. The zero-order valence-electron chi connectivity index (χ0n) is 12.0. The van der Waals surface area contributed by atoms with Gasteiger partial charge >= 0.3 is 0 Å². The summed E-state index contributed by atoms with van der Waals surface area (Å²) in [6.45, 7) is 0.323. The molecule has 4 nitrogen and oxygen atoms in total. The smallest absolute Gasteiger partial charge is 0.269 e. The lowest BCUT2D eigenvalue weighted by atomic mass is 10.1. The van der Waals surface area contributed by atoms with E-state index in [0.717, 1.165) is 11.1 Å². The summed E-state index contributed by atoms with van der Waals surface area (Å²) in [4.78, 5) is 12.1. The first-order chi connectivity index (χ1) is 11.1. The van der Waals surface area contributed by atoms with Crippen LogP contribution >= 0.6 is 11.6 Å². The van der Waals surface area contributed by atoms with E-state index in [4.69, 9.17) is 11.6 Å². The molecule has 2 N–H and O–H groups in total. The number of halogens is 2. The van der Waals surface area contributed by atoms with Gasteiger partial charge in [0.05, 0.1) is 5.69 Å². The van der Waals surface area contributed by atoms with E-state index in [9.17, 15) is 9.18 Å². The van der Waals surface area contributed by atoms with Crippen molar-refractivity contribution < 1.29 is 9.18 Å². The Labute approximate surface area is 137 Å². The van der Waals surface area contributed by atoms with Gasteiger partial charge in [-0.15, -0.1) is 0 Å². The number of hydrogen-bond acceptors (Lipinski definition) is 2. The SMILES string of the molecule is O=C(NCc1ccccc1Cl)c1cc(-c2ccc(F)cc2)n[nH]1. The van der Waals surface area contributed by atoms with Crippen LogP contribution in [0.2, 0.25) is 5.02 Å². The zero-order chi connectivity index (χ0) is 16.2. The van der Waals surface area contributed by atoms with Gasteiger partial charge in [-0.1, -0.05) is 29.8 Å². The topological polar surface area (TPSA) is 57.8 Å². The van der Waals surface area contributed by atoms with Crippen LogP contribution in [0.1, 0.15) is 16.1 Å². The summed E-state index contributed by atoms with van der Waals surface area (Å²) in [5.74, 6) is -0.604. The minimum Gasteiger partial charge on any atom is -0.347 e. The van der Waals surface area contributed by atoms with Gasteiger partial charge in [0, 0.05) is 17.1 Å². The number of nitrogens with zero attached hydrogens (tertiary/aromatic N) is 1. The number of nitrogens with one attached hydrogen (secondary N) is 2. The molecule has 0 saturated carbocycles. The Hall–Kier alpha value is -2.66. The molecule has 1 amide bonds. The fourth-order valence-electron chi connectivity index (χ4n) is 2.12. The van der Waals surface area contributed by atoms with Crippen LogP contribution in [0, 0.1) is 5.82 Å². The zero-order valence-corrected chi connectivity index (χ0v) is 12.8. The molecule has 3 rings (SSSR count). The van der Waals surface area contributed by atoms with Gasteiger partial charge in [-0.3, -0.25) is 9.89 Å². The molecule has 116 valence electrons. The lowest BCUT2D eigenvalue weighted by Gasteiger charge is -2.05. The van der Waals surface area contributed by atoms with Gasteiger partial charge in [-0.05, 0) is 42.0 Å². The molecule has 0 aliphatic carbocycles. The molecule has 0 radical (unpaired) electrons. The van der Waals surface area contributed by atoms with E-state index >= 15 is 0 Å². The predicted octanol–water partition coefficient (Wildman–Crippen LogP) is 3.80. The fourth-order valence-corrected chi connectivity index (χ4v) is 2.32. The second kappa shape index (κ2) is 6.62. The molecule has 0 atom stereocenters. The number of aromatic amines is 1. The first kappa shape index (κ1) is 15.2. The van der Waals surface area contributed by atoms with Crippen LogP contribution in [-0.4, -0.2) is 16.1 Å². The molecule has 1 aromatic heterocycles. The van der Waals surface area contributed by atoms with Crippen molar-refractivity contribution in [3.05, 3.63) is 76.7 Å². The van der Waals surface area contributed by atoms with E-state index in [-0.39, 0.29) is 11.7 Å². The van der Waals surface area contributed by atoms with E-state index in [0.29, 0.717) is 23.0 Å². The minimum absolute atomic E-state index is 0.286. The molecule has 0 unspecified atom stereocenters. The fraction of sp³-hybridized carbons (Fsp3) is 0.0588. The molecule has 0 bridgehead atoms. The molecule has 0 aliphatic heterocycles. The number of rotatable bonds is 4. The van der Waals surface area contributed by atoms with Gasteiger partial charge in [0.2, 0.25) is 0 Å². The van der Waals surface area contributed by atoms with Gasteiger partial charge < -0.3 is 5.32 Å². The molecule has 2 aromatic carbocycles. The summed E-state index contributed by atoms with van der Waals surface area (Å²) in [6, 6.07) is 14.8. The van der Waals surface area contributed by atoms with E-state index in [1.54, 1.807) is 24.3 Å². The van der Waals surface area contributed by atoms with Crippen LogP contribution in [0.15, 0.2) is 54.6 Å². The first-order valence-corrected chi connectivity index (χ1v) is 7.34. The van der Waals surface area contributed by atoms with Gasteiger partial charge in [-0.2, -0.15) is 5.10 Å². The third kappa shape index (κ3) is 3.57. The summed E-state index contributed by atoms with van der Waals surface area (Å²) in [5, 5.41) is 10.1. The summed E-state index contributed by atoms with van der Waals surface area (Å²) < 4.78 is 12.9. The average molecular weight is 330 g/mol. The highest BCUT2D eigenvalue weighted by Gasteiger charge is 2.11. The van der Waals surface area contributed by atoms with Crippen LogP contribution < -0.4 is 5.32 Å². The van der Waals surface area contributed by atoms with Crippen LogP contribution in [0.5, 0.6) is 0 Å². The number of aromatic nitrogens is 2. The van der Waals surface area contributed by atoms with E-state index in [2.05, 4.69) is 15.5 Å². The molecule has 0 aliphatic rings. The number of carbonyl (C=O) groups is 1. The van der Waals surface area contributed by atoms with E-state index in [1.807, 2.05) is 18.2 Å². The third-order valence-electron chi connectivity index (χ3n) is 3.36. The Balaban J connectivity index is 1.69. The quantitative estimate of drug-likeness (QED) is 0.765. The van der Waals surface area contributed by atoms with Crippen molar-refractivity contribution in [3.63, 3.8) is 0 Å². The molecular weight excluding hydrogens is 317 g/mol. The van der Waals surface area contributed by atoms with E-state index in [1.165, 1.54) is 12.1 Å². The molecule has 23 heavy (non-hydrogen) atoms. The van der Waals surface area contributed by atoms with Crippen molar-refractivity contribution in [3.8, 4) is 11.3 Å². The van der Waals surface area contributed by atoms with E-state index < -0.39 is 0 Å². The number of carbonyl (C=O) groups excluding carboxylic acids is 1. The van der Waals surface area contributed by atoms with Crippen molar-refractivity contribution in [2.24, 2.45) is 0 Å². The van der Waals surface area contributed by atoms with Crippen LogP contribution in [-0.2, 0) is 6.54 Å². The van der Waals surface area contributed by atoms with Crippen LogP contribution in [0.25, 0.3) is 11.3 Å². The number of H-pyrrole nitrogens is 1. The maximum absolute atomic E-state index is 12.9. The Morgan fingerprint density at radius 3 is 2.65 bits per heavy atom. The second-order valence-electron chi connectivity index (χ2n) is 4.95. The van der Waals surface area contributed by atoms with Crippen molar-refractivity contribution in [1.29, 1.82) is 0 Å². The normalized spacial score (nSPS) is 10.5. The largest absolute Gasteiger partial charge is 0.347 e. The standard InChI is InChI=1S/C17H13ClFN3O/c18-14-4-2-1-3-12(14)10-20-17(23)16-9-15(21-22-16)11-5-7-13(19)8-6-11/h1-9H,10H2,(H,20,23)(H,21,22). The number of hydrogen-bond donors (Lipinski definition) is 2. The maximum atomic E-state index is 12.9. The minimum atomic E-state index is -0.318. The Morgan fingerprint density at radius 2 is 1.91 bits per heavy atom. The summed E-state index contributed by atoms with van der Waals surface area (Å²) in [6.07, 6.45) is 0. The molecule has 6 heteroatoms. The summed E-state index contributed by atoms with van der Waals surface area (Å²) in [5.41, 5.74) is 2.47. The summed E-state index contributed by atoms with van der Waals surface area (Å²) >= 11 is 6.05. The third-order valence-corrected chi connectivity index (χ3v) is 3.73. The number of benzene rings is 2. The lowest BCUT2D eigenvalue weighted by Crippen LogP contribution is -2.23. The van der Waals surface area contributed by atoms with Crippen molar-refractivity contribution >= 4 is 17.5 Å². The Kier molecular flexibility index (Phi) is 4.39. The highest BCUT2D eigenvalue weighted by Crippen LogP contribution is 2.18. The van der Waals surface area contributed by atoms with Crippen molar-refractivity contribution in [2.45, 2.75) is 6.54 Å². The highest BCUT2D eigenvalue weighted by molar-refractivity contribution is 6.31. The predicted molar refractivity (Wildman–Crippen MR) is 86.6 cm³/mol. The number of amides is 1. The average Bonchev–Trinajstić information content (AvgIpc) is 3.04. The van der Waals surface area contributed by atoms with Crippen molar-refractivity contribution in [1.82, 2.24) is 15.5 Å². The van der Waals surface area contributed by atoms with Crippen LogP contribution in [0.4, 0.5) is 4.39 Å². The van der Waals surface area contributed by atoms with Crippen LogP contribution in [0.3, 0.4) is 0 Å².